The first-order valence-electron chi connectivity index (χ1n) is 8.99. The molecule has 2 aromatic rings. The summed E-state index contributed by atoms with van der Waals surface area (Å²) < 4.78 is 7.24. The molecule has 1 aliphatic heterocycles. The van der Waals surface area contributed by atoms with Crippen LogP contribution in [0.2, 0.25) is 0 Å². The van der Waals surface area contributed by atoms with Crippen LogP contribution in [0.15, 0.2) is 18.2 Å². The number of morpholine rings is 1. The van der Waals surface area contributed by atoms with Gasteiger partial charge in [0.1, 0.15) is 6.61 Å². The SMILES string of the molecule is NC(=O)C1CCC(n2c(N)nc3cc(N4CCOCC4=O)ccc32)CC1. The fraction of sp³-hybridized carbons (Fsp3) is 0.500. The molecule has 2 amide bonds. The number of primary amides is 1. The Hall–Kier alpha value is -2.61. The summed E-state index contributed by atoms with van der Waals surface area (Å²) in [5.41, 5.74) is 14.2. The second-order valence-corrected chi connectivity index (χ2v) is 7.02. The molecule has 0 atom stereocenters. The molecule has 0 unspecified atom stereocenters. The average Bonchev–Trinajstić information content (AvgIpc) is 2.97. The maximum absolute atomic E-state index is 12.0. The summed E-state index contributed by atoms with van der Waals surface area (Å²) in [5.74, 6) is 0.161. The molecule has 8 heteroatoms. The molecule has 4 N–H and O–H groups in total. The number of hydrogen-bond donors (Lipinski definition) is 2. The molecule has 1 saturated carbocycles. The lowest BCUT2D eigenvalue weighted by molar-refractivity contribution is -0.125. The molecular formula is C18H23N5O3. The smallest absolute Gasteiger partial charge is 0.253 e. The number of carbonyl (C=O) groups excluding carboxylic acids is 2. The molecule has 1 aliphatic carbocycles. The van der Waals surface area contributed by atoms with Gasteiger partial charge in [-0.1, -0.05) is 0 Å². The first-order valence-corrected chi connectivity index (χ1v) is 8.99. The lowest BCUT2D eigenvalue weighted by Gasteiger charge is -2.29. The van der Waals surface area contributed by atoms with E-state index in [1.54, 1.807) is 4.90 Å². The predicted octanol–water partition coefficient (Wildman–Crippen LogP) is 1.20. The topological polar surface area (TPSA) is 116 Å². The third-order valence-electron chi connectivity index (χ3n) is 5.46. The molecule has 26 heavy (non-hydrogen) atoms. The first-order chi connectivity index (χ1) is 12.5. The Morgan fingerprint density at radius 3 is 2.69 bits per heavy atom. The molecule has 2 fully saturated rings. The number of carbonyl (C=O) groups is 2. The number of nitrogen functional groups attached to an aromatic ring is 1. The van der Waals surface area contributed by atoms with Gasteiger partial charge in [0, 0.05) is 24.2 Å². The first kappa shape index (κ1) is 16.8. The molecule has 1 saturated heterocycles. The number of rotatable bonds is 3. The van der Waals surface area contributed by atoms with E-state index in [-0.39, 0.29) is 30.4 Å². The monoisotopic (exact) mass is 357 g/mol. The number of hydrogen-bond acceptors (Lipinski definition) is 5. The van der Waals surface area contributed by atoms with Crippen molar-refractivity contribution < 1.29 is 14.3 Å². The second-order valence-electron chi connectivity index (χ2n) is 7.02. The summed E-state index contributed by atoms with van der Waals surface area (Å²) in [6, 6.07) is 6.02. The highest BCUT2D eigenvalue weighted by molar-refractivity contribution is 5.96. The van der Waals surface area contributed by atoms with Crippen molar-refractivity contribution in [2.75, 3.05) is 30.4 Å². The van der Waals surface area contributed by atoms with E-state index in [1.807, 2.05) is 18.2 Å². The normalized spacial score (nSPS) is 24.2. The van der Waals surface area contributed by atoms with Crippen LogP contribution in [-0.2, 0) is 14.3 Å². The minimum atomic E-state index is -0.216. The quantitative estimate of drug-likeness (QED) is 0.856. The van der Waals surface area contributed by atoms with Crippen molar-refractivity contribution >= 4 is 34.5 Å². The van der Waals surface area contributed by atoms with Gasteiger partial charge in [-0.05, 0) is 43.9 Å². The van der Waals surface area contributed by atoms with Gasteiger partial charge in [-0.3, -0.25) is 9.59 Å². The van der Waals surface area contributed by atoms with Gasteiger partial charge < -0.3 is 25.7 Å². The molecular weight excluding hydrogens is 334 g/mol. The Morgan fingerprint density at radius 1 is 1.23 bits per heavy atom. The zero-order valence-electron chi connectivity index (χ0n) is 14.6. The summed E-state index contributed by atoms with van der Waals surface area (Å²) in [4.78, 5) is 29.6. The van der Waals surface area contributed by atoms with E-state index >= 15 is 0 Å². The Kier molecular flexibility index (Phi) is 4.28. The van der Waals surface area contributed by atoms with E-state index in [0.29, 0.717) is 19.1 Å². The molecule has 0 radical (unpaired) electrons. The number of imidazole rings is 1. The Bertz CT molecular complexity index is 854. The molecule has 1 aromatic heterocycles. The van der Waals surface area contributed by atoms with Crippen LogP contribution in [0.25, 0.3) is 11.0 Å². The molecule has 4 rings (SSSR count). The Labute approximate surface area is 151 Å². The van der Waals surface area contributed by atoms with Crippen LogP contribution in [0.1, 0.15) is 31.7 Å². The van der Waals surface area contributed by atoms with E-state index in [0.717, 1.165) is 42.4 Å². The van der Waals surface area contributed by atoms with Crippen molar-refractivity contribution in [1.29, 1.82) is 0 Å². The highest BCUT2D eigenvalue weighted by Crippen LogP contribution is 2.36. The highest BCUT2D eigenvalue weighted by atomic mass is 16.5. The third-order valence-corrected chi connectivity index (χ3v) is 5.46. The van der Waals surface area contributed by atoms with Crippen LogP contribution in [0, 0.1) is 5.92 Å². The van der Waals surface area contributed by atoms with Gasteiger partial charge in [-0.25, -0.2) is 4.98 Å². The van der Waals surface area contributed by atoms with Gasteiger partial charge in [-0.2, -0.15) is 0 Å². The third kappa shape index (κ3) is 2.90. The van der Waals surface area contributed by atoms with Crippen LogP contribution in [0.3, 0.4) is 0 Å². The van der Waals surface area contributed by atoms with Gasteiger partial charge in [0.2, 0.25) is 11.9 Å². The number of fused-ring (bicyclic) bond motifs is 1. The zero-order chi connectivity index (χ0) is 18.3. The number of nitrogens with two attached hydrogens (primary N) is 2. The fourth-order valence-electron chi connectivity index (χ4n) is 4.07. The standard InChI is InChI=1S/C18H23N5O3/c19-17(25)11-1-3-12(4-2-11)23-15-6-5-13(9-14(15)21-18(23)20)22-7-8-26-10-16(22)24/h5-6,9,11-12H,1-4,7-8,10H2,(H2,19,25)(H2,20,21). The predicted molar refractivity (Wildman–Crippen MR) is 97.5 cm³/mol. The molecule has 138 valence electrons. The summed E-state index contributed by atoms with van der Waals surface area (Å²) in [7, 11) is 0. The van der Waals surface area contributed by atoms with Gasteiger partial charge in [0.25, 0.3) is 5.91 Å². The van der Waals surface area contributed by atoms with Gasteiger partial charge in [0.05, 0.1) is 17.6 Å². The van der Waals surface area contributed by atoms with Gasteiger partial charge >= 0.3 is 0 Å². The summed E-state index contributed by atoms with van der Waals surface area (Å²) in [6.45, 7) is 1.18. The van der Waals surface area contributed by atoms with Crippen molar-refractivity contribution in [3.05, 3.63) is 18.2 Å². The number of ether oxygens (including phenoxy) is 1. The number of aromatic nitrogens is 2. The summed E-state index contributed by atoms with van der Waals surface area (Å²) in [6.07, 6.45) is 3.26. The maximum atomic E-state index is 12.0. The van der Waals surface area contributed by atoms with Crippen molar-refractivity contribution in [1.82, 2.24) is 9.55 Å². The van der Waals surface area contributed by atoms with Gasteiger partial charge in [0.15, 0.2) is 0 Å². The van der Waals surface area contributed by atoms with Crippen LogP contribution in [-0.4, -0.2) is 41.1 Å². The maximum Gasteiger partial charge on any atom is 0.253 e. The van der Waals surface area contributed by atoms with Gasteiger partial charge in [-0.15, -0.1) is 0 Å². The lowest BCUT2D eigenvalue weighted by Crippen LogP contribution is -2.41. The molecule has 2 heterocycles. The second kappa shape index (κ2) is 6.60. The number of amides is 2. The Morgan fingerprint density at radius 2 is 2.00 bits per heavy atom. The van der Waals surface area contributed by atoms with E-state index in [1.165, 1.54) is 0 Å². The average molecular weight is 357 g/mol. The largest absolute Gasteiger partial charge is 0.370 e. The zero-order valence-corrected chi connectivity index (χ0v) is 14.6. The molecule has 0 spiro atoms. The lowest BCUT2D eigenvalue weighted by atomic mass is 9.85. The Balaban J connectivity index is 1.62. The van der Waals surface area contributed by atoms with Crippen molar-refractivity contribution in [2.45, 2.75) is 31.7 Å². The highest BCUT2D eigenvalue weighted by Gasteiger charge is 2.28. The van der Waals surface area contributed by atoms with Crippen LogP contribution >= 0.6 is 0 Å². The van der Waals surface area contributed by atoms with E-state index < -0.39 is 0 Å². The summed E-state index contributed by atoms with van der Waals surface area (Å²) in [5, 5.41) is 0. The van der Waals surface area contributed by atoms with Crippen molar-refractivity contribution in [3.63, 3.8) is 0 Å². The number of benzene rings is 1. The van der Waals surface area contributed by atoms with Crippen LogP contribution in [0.5, 0.6) is 0 Å². The minimum Gasteiger partial charge on any atom is -0.370 e. The summed E-state index contributed by atoms with van der Waals surface area (Å²) >= 11 is 0. The molecule has 1 aromatic carbocycles. The van der Waals surface area contributed by atoms with Crippen LogP contribution < -0.4 is 16.4 Å². The molecule has 2 aliphatic rings. The minimum absolute atomic E-state index is 0.0406. The van der Waals surface area contributed by atoms with E-state index in [4.69, 9.17) is 16.2 Å². The van der Waals surface area contributed by atoms with E-state index in [9.17, 15) is 9.59 Å². The van der Waals surface area contributed by atoms with Crippen molar-refractivity contribution in [2.24, 2.45) is 11.7 Å². The number of nitrogens with zero attached hydrogens (tertiary/aromatic N) is 3. The van der Waals surface area contributed by atoms with E-state index in [2.05, 4.69) is 9.55 Å². The van der Waals surface area contributed by atoms with Crippen molar-refractivity contribution in [3.8, 4) is 0 Å². The van der Waals surface area contributed by atoms with Crippen LogP contribution in [0.4, 0.5) is 11.6 Å². The fourth-order valence-corrected chi connectivity index (χ4v) is 4.07. The number of anilines is 2. The molecule has 0 bridgehead atoms. The molecule has 8 nitrogen and oxygen atoms in total.